The molecule has 0 aliphatic rings. The molecule has 4 aromatic rings. The number of aromatic nitrogens is 3. The highest BCUT2D eigenvalue weighted by Gasteiger charge is 2.15. The zero-order valence-electron chi connectivity index (χ0n) is 16.1. The lowest BCUT2D eigenvalue weighted by molar-refractivity contribution is 0.263. The fraction of sp³-hybridized carbons (Fsp3) is 0.174. The maximum atomic E-state index is 12.6. The molecule has 6 heteroatoms. The van der Waals surface area contributed by atoms with Crippen molar-refractivity contribution in [2.45, 2.75) is 13.3 Å². The molecule has 0 amide bonds. The number of imidazole rings is 1. The molecule has 2 aromatic heterocycles. The van der Waals surface area contributed by atoms with Crippen LogP contribution in [0.15, 0.2) is 70.6 Å². The minimum absolute atomic E-state index is 0.0270. The Morgan fingerprint density at radius 1 is 1.14 bits per heavy atom. The quantitative estimate of drug-likeness (QED) is 0.440. The van der Waals surface area contributed by atoms with Crippen molar-refractivity contribution in [3.63, 3.8) is 0 Å². The third-order valence-corrected chi connectivity index (χ3v) is 4.89. The zero-order valence-corrected chi connectivity index (χ0v) is 16.1. The molecule has 146 valence electrons. The van der Waals surface area contributed by atoms with Crippen molar-refractivity contribution < 1.29 is 5.11 Å². The number of nitrogens with one attached hydrogen (secondary N) is 2. The number of aliphatic hydroxyl groups is 1. The molecular formula is C23H22N4O2. The molecular weight excluding hydrogens is 364 g/mol. The van der Waals surface area contributed by atoms with E-state index in [-0.39, 0.29) is 18.1 Å². The van der Waals surface area contributed by atoms with E-state index in [2.05, 4.69) is 19.9 Å². The summed E-state index contributed by atoms with van der Waals surface area (Å²) in [4.78, 5) is 27.6. The number of aliphatic hydroxyl groups excluding tert-OH is 1. The summed E-state index contributed by atoms with van der Waals surface area (Å²) in [6, 6.07) is 17.5. The van der Waals surface area contributed by atoms with Gasteiger partial charge in [-0.1, -0.05) is 42.5 Å². The van der Waals surface area contributed by atoms with Crippen LogP contribution < -0.4 is 5.56 Å². The first-order valence-corrected chi connectivity index (χ1v) is 9.52. The highest BCUT2D eigenvalue weighted by atomic mass is 16.3. The zero-order chi connectivity index (χ0) is 20.2. The van der Waals surface area contributed by atoms with E-state index in [9.17, 15) is 9.90 Å². The Labute approximate surface area is 168 Å². The first-order valence-electron chi connectivity index (χ1n) is 9.52. The Morgan fingerprint density at radius 2 is 1.97 bits per heavy atom. The van der Waals surface area contributed by atoms with Gasteiger partial charge in [0.2, 0.25) is 0 Å². The van der Waals surface area contributed by atoms with Crippen LogP contribution in [0, 0.1) is 12.8 Å². The molecule has 2 aromatic carbocycles. The van der Waals surface area contributed by atoms with E-state index in [4.69, 9.17) is 0 Å². The van der Waals surface area contributed by atoms with E-state index in [0.29, 0.717) is 23.5 Å². The molecule has 4 rings (SSSR count). The van der Waals surface area contributed by atoms with Crippen molar-refractivity contribution >= 4 is 22.9 Å². The Morgan fingerprint density at radius 3 is 2.72 bits per heavy atom. The van der Waals surface area contributed by atoms with E-state index < -0.39 is 0 Å². The summed E-state index contributed by atoms with van der Waals surface area (Å²) in [6.45, 7) is 1.96. The van der Waals surface area contributed by atoms with Gasteiger partial charge in [-0.2, -0.15) is 0 Å². The molecule has 0 saturated carbocycles. The summed E-state index contributed by atoms with van der Waals surface area (Å²) in [5, 5.41) is 9.75. The lowest BCUT2D eigenvalue weighted by Crippen LogP contribution is -2.12. The van der Waals surface area contributed by atoms with Crippen molar-refractivity contribution in [2.24, 2.45) is 10.9 Å². The Kier molecular flexibility index (Phi) is 5.35. The lowest BCUT2D eigenvalue weighted by atomic mass is 10.0. The summed E-state index contributed by atoms with van der Waals surface area (Å²) in [5.41, 5.74) is 4.49. The van der Waals surface area contributed by atoms with Crippen LogP contribution in [0.25, 0.3) is 22.4 Å². The molecule has 6 nitrogen and oxygen atoms in total. The van der Waals surface area contributed by atoms with Crippen molar-refractivity contribution in [1.82, 2.24) is 15.0 Å². The summed E-state index contributed by atoms with van der Waals surface area (Å²) >= 11 is 0. The van der Waals surface area contributed by atoms with Crippen LogP contribution in [0.4, 0.5) is 5.69 Å². The number of H-pyrrole nitrogens is 2. The number of para-hydroxylation sites is 1. The fourth-order valence-electron chi connectivity index (χ4n) is 3.37. The number of fused-ring (bicyclic) bond motifs is 1. The summed E-state index contributed by atoms with van der Waals surface area (Å²) in [6.07, 6.45) is 3.94. The van der Waals surface area contributed by atoms with Crippen LogP contribution in [-0.4, -0.2) is 32.9 Å². The number of rotatable bonds is 6. The largest absolute Gasteiger partial charge is 0.396 e. The number of hydrogen-bond donors (Lipinski definition) is 3. The highest BCUT2D eigenvalue weighted by Crippen LogP contribution is 2.27. The Balaban J connectivity index is 1.69. The molecule has 0 aliphatic heterocycles. The molecule has 0 aliphatic carbocycles. The van der Waals surface area contributed by atoms with E-state index in [1.165, 1.54) is 0 Å². The van der Waals surface area contributed by atoms with E-state index in [0.717, 1.165) is 22.2 Å². The third kappa shape index (κ3) is 4.02. The average molecular weight is 386 g/mol. The monoisotopic (exact) mass is 386 g/mol. The number of aryl methyl sites for hydroxylation is 1. The van der Waals surface area contributed by atoms with E-state index in [1.807, 2.05) is 55.5 Å². The number of hydrogen-bond acceptors (Lipinski definition) is 4. The van der Waals surface area contributed by atoms with Gasteiger partial charge in [0, 0.05) is 18.3 Å². The molecule has 0 saturated heterocycles. The minimum atomic E-state index is -0.264. The molecule has 2 heterocycles. The van der Waals surface area contributed by atoms with Gasteiger partial charge in [0.25, 0.3) is 5.56 Å². The number of pyridine rings is 1. The topological polar surface area (TPSA) is 94.1 Å². The van der Waals surface area contributed by atoms with Gasteiger partial charge >= 0.3 is 0 Å². The molecule has 29 heavy (non-hydrogen) atoms. The van der Waals surface area contributed by atoms with Crippen LogP contribution >= 0.6 is 0 Å². The van der Waals surface area contributed by atoms with Crippen LogP contribution in [-0.2, 0) is 6.42 Å². The maximum absolute atomic E-state index is 12.6. The highest BCUT2D eigenvalue weighted by molar-refractivity contribution is 5.85. The Bertz CT molecular complexity index is 1210. The molecule has 1 unspecified atom stereocenters. The first-order chi connectivity index (χ1) is 14.2. The van der Waals surface area contributed by atoms with Gasteiger partial charge in [-0.15, -0.1) is 0 Å². The van der Waals surface area contributed by atoms with Gasteiger partial charge in [0.15, 0.2) is 0 Å². The number of aromatic amines is 2. The molecule has 0 fully saturated rings. The van der Waals surface area contributed by atoms with Crippen molar-refractivity contribution in [1.29, 1.82) is 0 Å². The SMILES string of the molecule is Cc1cccc2[nH]c(-c3c(N=CC(CO)Cc4ccccc4)cc[nH]c3=O)nc12. The van der Waals surface area contributed by atoms with E-state index in [1.54, 1.807) is 18.5 Å². The number of nitrogens with zero attached hydrogens (tertiary/aromatic N) is 2. The van der Waals surface area contributed by atoms with Crippen LogP contribution in [0.5, 0.6) is 0 Å². The number of benzene rings is 2. The van der Waals surface area contributed by atoms with Gasteiger partial charge in [0.05, 0.1) is 23.3 Å². The average Bonchev–Trinajstić information content (AvgIpc) is 3.17. The minimum Gasteiger partial charge on any atom is -0.396 e. The fourth-order valence-corrected chi connectivity index (χ4v) is 3.37. The normalized spacial score (nSPS) is 12.6. The van der Waals surface area contributed by atoms with E-state index >= 15 is 0 Å². The predicted octanol–water partition coefficient (Wildman–Crippen LogP) is 3.78. The van der Waals surface area contributed by atoms with Gasteiger partial charge in [-0.3, -0.25) is 9.79 Å². The molecule has 0 spiro atoms. The number of aliphatic imine (C=N–C) groups is 1. The smallest absolute Gasteiger partial charge is 0.261 e. The summed E-state index contributed by atoms with van der Waals surface area (Å²) in [7, 11) is 0. The van der Waals surface area contributed by atoms with Gasteiger partial charge in [-0.05, 0) is 36.6 Å². The van der Waals surface area contributed by atoms with Crippen molar-refractivity contribution in [2.75, 3.05) is 6.61 Å². The van der Waals surface area contributed by atoms with Crippen LogP contribution in [0.2, 0.25) is 0 Å². The summed E-state index contributed by atoms with van der Waals surface area (Å²) in [5.74, 6) is 0.328. The van der Waals surface area contributed by atoms with Crippen molar-refractivity contribution in [3.05, 3.63) is 82.3 Å². The predicted molar refractivity (Wildman–Crippen MR) is 116 cm³/mol. The van der Waals surface area contributed by atoms with Gasteiger partial charge in [0.1, 0.15) is 11.4 Å². The lowest BCUT2D eigenvalue weighted by Gasteiger charge is -2.09. The molecule has 1 atom stereocenters. The molecule has 3 N–H and O–H groups in total. The second-order valence-corrected chi connectivity index (χ2v) is 7.03. The second-order valence-electron chi connectivity index (χ2n) is 7.03. The Hall–Kier alpha value is -3.51. The van der Waals surface area contributed by atoms with Crippen LogP contribution in [0.1, 0.15) is 11.1 Å². The van der Waals surface area contributed by atoms with Gasteiger partial charge < -0.3 is 15.1 Å². The van der Waals surface area contributed by atoms with Crippen LogP contribution in [0.3, 0.4) is 0 Å². The van der Waals surface area contributed by atoms with Crippen molar-refractivity contribution in [3.8, 4) is 11.4 Å². The molecule has 0 bridgehead atoms. The third-order valence-electron chi connectivity index (χ3n) is 4.89. The first kappa shape index (κ1) is 18.8. The second kappa shape index (κ2) is 8.24. The van der Waals surface area contributed by atoms with Gasteiger partial charge in [-0.25, -0.2) is 4.98 Å². The standard InChI is InChI=1S/C23H22N4O2/c1-15-6-5-9-19-21(15)27-22(26-19)20-18(10-11-24-23(20)29)25-13-17(14-28)12-16-7-3-2-4-8-16/h2-11,13,17,28H,12,14H2,1H3,(H,24,29)(H,26,27). The maximum Gasteiger partial charge on any atom is 0.261 e. The molecule has 0 radical (unpaired) electrons. The summed E-state index contributed by atoms with van der Waals surface area (Å²) < 4.78 is 0.